The van der Waals surface area contributed by atoms with Crippen molar-refractivity contribution in [3.63, 3.8) is 0 Å². The first-order valence-corrected chi connectivity index (χ1v) is 41.2. The lowest BCUT2D eigenvalue weighted by molar-refractivity contribution is -0.870. The molecule has 538 valence electrons. The van der Waals surface area contributed by atoms with Crippen LogP contribution in [-0.2, 0) is 32.7 Å². The van der Waals surface area contributed by atoms with Crippen LogP contribution in [-0.4, -0.2) is 74.9 Å². The maximum absolute atomic E-state index is 12.9. The summed E-state index contributed by atoms with van der Waals surface area (Å²) < 4.78 is 34.8. The molecule has 0 saturated heterocycles. The summed E-state index contributed by atoms with van der Waals surface area (Å²) in [5.41, 5.74) is 0. The van der Waals surface area contributed by atoms with Gasteiger partial charge in [0.15, 0.2) is 6.10 Å². The van der Waals surface area contributed by atoms with Gasteiger partial charge in [0, 0.05) is 12.8 Å². The molecule has 0 aliphatic rings. The van der Waals surface area contributed by atoms with Crippen molar-refractivity contribution in [3.05, 3.63) is 72.9 Å². The monoisotopic (exact) mass is 1310 g/mol. The van der Waals surface area contributed by atoms with Gasteiger partial charge in [-0.05, 0) is 64.2 Å². The van der Waals surface area contributed by atoms with Crippen LogP contribution in [0.2, 0.25) is 0 Å². The summed E-state index contributed by atoms with van der Waals surface area (Å²) in [4.78, 5) is 36.0. The highest BCUT2D eigenvalue weighted by atomic mass is 31.2. The first-order valence-electron chi connectivity index (χ1n) is 39.7. The zero-order chi connectivity index (χ0) is 66.9. The number of hydrogen-bond donors (Lipinski definition) is 1. The van der Waals surface area contributed by atoms with Gasteiger partial charge in [-0.3, -0.25) is 18.6 Å². The standard InChI is InChI=1S/C82H152NO8P/c1-6-8-10-12-14-16-18-20-22-24-26-28-30-32-34-36-38-40-41-43-45-47-49-51-53-55-57-59-61-63-65-67-69-71-73-75-82(85)91-80(79-90-92(86,87)89-77-76-83(3,4)5)78-88-81(84)74-72-70-68-66-64-62-60-58-56-54-52-50-48-46-44-42-39-37-35-33-31-29-27-25-23-21-19-17-15-13-11-9-7-2/h8,10,14,16,20,22,26,28,32,34,38,40,80H,6-7,9,11-13,15,17-19,21,23-25,27,29-31,33,35-37,39,41-79H2,1-5H3/p+1/b10-8-,16-14-,22-20-,28-26-,34-32-,40-38-. The fourth-order valence-corrected chi connectivity index (χ4v) is 12.5. The molecule has 0 aliphatic carbocycles. The SMILES string of the molecule is CC/C=C\C/C=C\C/C=C\C/C=C\C/C=C\C/C=C\CCCCCCCCCCCCCCCCCCC(=O)OC(COC(=O)CCCCCCCCCCCCCCCCCCCCCCCCCCCCCCCCCCC)COP(=O)(O)OCC[N+](C)(C)C. The minimum absolute atomic E-state index is 0.0327. The molecule has 2 atom stereocenters. The fourth-order valence-electron chi connectivity index (χ4n) is 11.7. The number of likely N-dealkylation sites (N-methyl/N-ethyl adjacent to an activating group) is 1. The topological polar surface area (TPSA) is 108 Å². The average Bonchev–Trinajstić information content (AvgIpc) is 2.14. The summed E-state index contributed by atoms with van der Waals surface area (Å²) >= 11 is 0. The highest BCUT2D eigenvalue weighted by Gasteiger charge is 2.27. The Bertz CT molecular complexity index is 1780. The number of quaternary nitrogens is 1. The van der Waals surface area contributed by atoms with Crippen molar-refractivity contribution in [2.24, 2.45) is 0 Å². The van der Waals surface area contributed by atoms with Crippen LogP contribution in [0.15, 0.2) is 72.9 Å². The Morgan fingerprint density at radius 2 is 0.620 bits per heavy atom. The largest absolute Gasteiger partial charge is 0.472 e. The zero-order valence-corrected chi connectivity index (χ0v) is 62.4. The van der Waals surface area contributed by atoms with Crippen LogP contribution >= 0.6 is 7.82 Å². The smallest absolute Gasteiger partial charge is 0.462 e. The third-order valence-corrected chi connectivity index (χ3v) is 18.7. The summed E-state index contributed by atoms with van der Waals surface area (Å²) in [6.07, 6.45) is 99.1. The van der Waals surface area contributed by atoms with E-state index in [0.29, 0.717) is 23.9 Å². The molecule has 0 bridgehead atoms. The van der Waals surface area contributed by atoms with E-state index in [1.807, 2.05) is 21.1 Å². The number of carbonyl (C=O) groups is 2. The van der Waals surface area contributed by atoms with Gasteiger partial charge in [-0.15, -0.1) is 0 Å². The number of phosphoric acid groups is 1. The second-order valence-corrected chi connectivity index (χ2v) is 29.5. The van der Waals surface area contributed by atoms with Gasteiger partial charge in [0.2, 0.25) is 0 Å². The van der Waals surface area contributed by atoms with Crippen molar-refractivity contribution in [1.82, 2.24) is 0 Å². The number of allylic oxidation sites excluding steroid dienone is 12. The van der Waals surface area contributed by atoms with E-state index in [-0.39, 0.29) is 25.6 Å². The number of hydrogen-bond acceptors (Lipinski definition) is 7. The van der Waals surface area contributed by atoms with Gasteiger partial charge in [-0.25, -0.2) is 4.57 Å². The Balaban J connectivity index is 3.94. The van der Waals surface area contributed by atoms with Gasteiger partial charge in [-0.1, -0.05) is 382 Å². The van der Waals surface area contributed by atoms with E-state index in [0.717, 1.165) is 70.6 Å². The van der Waals surface area contributed by atoms with E-state index < -0.39 is 26.5 Å². The number of unbranched alkanes of at least 4 members (excludes halogenated alkanes) is 48. The van der Waals surface area contributed by atoms with Crippen LogP contribution in [0.1, 0.15) is 386 Å². The maximum Gasteiger partial charge on any atom is 0.472 e. The highest BCUT2D eigenvalue weighted by Crippen LogP contribution is 2.43. The maximum atomic E-state index is 12.9. The van der Waals surface area contributed by atoms with Crippen LogP contribution in [0.5, 0.6) is 0 Å². The van der Waals surface area contributed by atoms with E-state index in [1.54, 1.807) is 0 Å². The molecule has 0 aromatic carbocycles. The van der Waals surface area contributed by atoms with Crippen LogP contribution in [0, 0.1) is 0 Å². The van der Waals surface area contributed by atoms with Crippen LogP contribution in [0.3, 0.4) is 0 Å². The molecule has 1 N–H and O–H groups in total. The third kappa shape index (κ3) is 76.5. The number of phosphoric ester groups is 1. The zero-order valence-electron chi connectivity index (χ0n) is 61.5. The minimum atomic E-state index is -4.40. The van der Waals surface area contributed by atoms with Gasteiger partial charge in [0.25, 0.3) is 0 Å². The Hall–Kier alpha value is -2.55. The van der Waals surface area contributed by atoms with Crippen LogP contribution in [0.25, 0.3) is 0 Å². The number of carbonyl (C=O) groups excluding carboxylic acids is 2. The number of ether oxygens (including phenoxy) is 2. The molecule has 92 heavy (non-hydrogen) atoms. The van der Waals surface area contributed by atoms with Gasteiger partial charge < -0.3 is 18.9 Å². The van der Waals surface area contributed by atoms with Gasteiger partial charge in [-0.2, -0.15) is 0 Å². The van der Waals surface area contributed by atoms with Crippen LogP contribution in [0.4, 0.5) is 0 Å². The molecular weight excluding hydrogens is 1160 g/mol. The Labute approximate surface area is 571 Å². The van der Waals surface area contributed by atoms with E-state index in [2.05, 4.69) is 86.8 Å². The van der Waals surface area contributed by atoms with Crippen molar-refractivity contribution < 1.29 is 42.1 Å². The van der Waals surface area contributed by atoms with Gasteiger partial charge in [0.1, 0.15) is 19.8 Å². The third-order valence-electron chi connectivity index (χ3n) is 17.8. The number of esters is 2. The summed E-state index contributed by atoms with van der Waals surface area (Å²) in [7, 11) is 1.49. The highest BCUT2D eigenvalue weighted by molar-refractivity contribution is 7.47. The molecular formula is C82H153NO8P+. The predicted molar refractivity (Wildman–Crippen MR) is 399 cm³/mol. The van der Waals surface area contributed by atoms with E-state index in [9.17, 15) is 19.0 Å². The number of rotatable bonds is 74. The molecule has 2 unspecified atom stereocenters. The molecule has 0 aliphatic heterocycles. The van der Waals surface area contributed by atoms with Crippen molar-refractivity contribution in [2.45, 2.75) is 392 Å². The normalized spacial score (nSPS) is 13.4. The summed E-state index contributed by atoms with van der Waals surface area (Å²) in [6, 6.07) is 0. The van der Waals surface area contributed by atoms with Crippen LogP contribution < -0.4 is 0 Å². The molecule has 0 radical (unpaired) electrons. The van der Waals surface area contributed by atoms with E-state index in [1.165, 1.54) is 283 Å². The summed E-state index contributed by atoms with van der Waals surface area (Å²) in [5.74, 6) is -0.778. The Morgan fingerprint density at radius 1 is 0.348 bits per heavy atom. The fraction of sp³-hybridized carbons (Fsp3) is 0.829. The van der Waals surface area contributed by atoms with Gasteiger partial charge in [0.05, 0.1) is 27.7 Å². The molecule has 0 saturated carbocycles. The van der Waals surface area contributed by atoms with Crippen molar-refractivity contribution in [3.8, 4) is 0 Å². The molecule has 10 heteroatoms. The second-order valence-electron chi connectivity index (χ2n) is 28.1. The molecule has 0 aromatic rings. The lowest BCUT2D eigenvalue weighted by atomic mass is 10.0. The molecule has 0 aromatic heterocycles. The predicted octanol–water partition coefficient (Wildman–Crippen LogP) is 26.3. The van der Waals surface area contributed by atoms with E-state index >= 15 is 0 Å². The molecule has 0 spiro atoms. The second kappa shape index (κ2) is 72.7. The minimum Gasteiger partial charge on any atom is -0.462 e. The lowest BCUT2D eigenvalue weighted by Gasteiger charge is -2.24. The van der Waals surface area contributed by atoms with Crippen molar-refractivity contribution in [1.29, 1.82) is 0 Å². The van der Waals surface area contributed by atoms with Crippen molar-refractivity contribution in [2.75, 3.05) is 47.5 Å². The molecule has 0 heterocycles. The average molecular weight is 1310 g/mol. The lowest BCUT2D eigenvalue weighted by Crippen LogP contribution is -2.37. The van der Waals surface area contributed by atoms with Gasteiger partial charge >= 0.3 is 19.8 Å². The molecule has 0 amide bonds. The first kappa shape index (κ1) is 89.5. The van der Waals surface area contributed by atoms with Crippen molar-refractivity contribution >= 4 is 19.8 Å². The Morgan fingerprint density at radius 3 is 0.924 bits per heavy atom. The molecule has 0 fully saturated rings. The quantitative estimate of drug-likeness (QED) is 0.0211. The van der Waals surface area contributed by atoms with E-state index in [4.69, 9.17) is 18.5 Å². The Kier molecular flexibility index (Phi) is 70.7. The first-order chi connectivity index (χ1) is 45.0. The molecule has 9 nitrogen and oxygen atoms in total. The number of nitrogens with zero attached hydrogens (tertiary/aromatic N) is 1. The summed E-state index contributed by atoms with van der Waals surface area (Å²) in [6.45, 7) is 4.39. The summed E-state index contributed by atoms with van der Waals surface area (Å²) in [5, 5.41) is 0. The molecule has 0 rings (SSSR count).